The Morgan fingerprint density at radius 1 is 1.00 bits per heavy atom. The number of aryl methyl sites for hydroxylation is 1. The molecule has 1 heterocycles. The number of hydrogen-bond donors (Lipinski definition) is 1. The number of allylic oxidation sites excluding steroid dienone is 1. The number of nitrogens with zero attached hydrogens (tertiary/aromatic N) is 1. The monoisotopic (exact) mass is 526 g/mol. The van der Waals surface area contributed by atoms with E-state index in [1.165, 1.54) is 12.0 Å². The number of esters is 1. The van der Waals surface area contributed by atoms with Gasteiger partial charge in [0.15, 0.2) is 0 Å². The summed E-state index contributed by atoms with van der Waals surface area (Å²) in [7, 11) is 3.11. The number of ether oxygens (including phenoxy) is 2. The summed E-state index contributed by atoms with van der Waals surface area (Å²) in [5.41, 5.74) is 2.45. The smallest absolute Gasteiger partial charge is 0.338 e. The summed E-state index contributed by atoms with van der Waals surface area (Å²) >= 11 is 6.12. The molecule has 1 N–H and O–H groups in total. The Balaban J connectivity index is 1.70. The molecule has 0 spiro atoms. The Hall–Kier alpha value is -3.91. The van der Waals surface area contributed by atoms with Gasteiger partial charge in [0.2, 0.25) is 0 Å². The van der Waals surface area contributed by atoms with Crippen LogP contribution in [0.3, 0.4) is 0 Å². The van der Waals surface area contributed by atoms with Gasteiger partial charge in [-0.15, -0.1) is 0 Å². The molecular weight excluding hydrogens is 502 g/mol. The van der Waals surface area contributed by atoms with Crippen molar-refractivity contribution in [2.75, 3.05) is 14.2 Å². The Labute approximate surface area is 218 Å². The summed E-state index contributed by atoms with van der Waals surface area (Å²) in [5.74, 6) is -1.63. The standard InChI is InChI=1S/C28H25ClF2N2O4/c1-33-24(11-6-17-4-3-5-20(29)12-17)25(27(34)37-16-18-13-21(30)15-22(31)14-18)26(32-28(33)35)19-7-9-23(36-2)10-8-19/h3-5,7-10,12-15,26H,6,11,16H2,1-2H3,(H,32,35). The van der Waals surface area contributed by atoms with E-state index in [0.717, 1.165) is 23.8 Å². The first-order valence-corrected chi connectivity index (χ1v) is 11.9. The third-order valence-corrected chi connectivity index (χ3v) is 6.31. The number of hydrogen-bond acceptors (Lipinski definition) is 4. The average Bonchev–Trinajstić information content (AvgIpc) is 2.87. The van der Waals surface area contributed by atoms with Crippen molar-refractivity contribution in [3.63, 3.8) is 0 Å². The molecule has 6 nitrogen and oxygen atoms in total. The zero-order valence-electron chi connectivity index (χ0n) is 20.3. The molecule has 3 aromatic rings. The second-order valence-corrected chi connectivity index (χ2v) is 9.00. The number of halogens is 3. The molecule has 192 valence electrons. The van der Waals surface area contributed by atoms with Gasteiger partial charge in [0.1, 0.15) is 24.0 Å². The minimum Gasteiger partial charge on any atom is -0.497 e. The van der Waals surface area contributed by atoms with Gasteiger partial charge in [-0.2, -0.15) is 0 Å². The first-order chi connectivity index (χ1) is 17.7. The maximum Gasteiger partial charge on any atom is 0.338 e. The van der Waals surface area contributed by atoms with E-state index >= 15 is 0 Å². The van der Waals surface area contributed by atoms with Gasteiger partial charge in [0.05, 0.1) is 18.7 Å². The van der Waals surface area contributed by atoms with Gasteiger partial charge in [-0.1, -0.05) is 35.9 Å². The number of carbonyl (C=O) groups is 2. The molecule has 2 amide bonds. The fourth-order valence-electron chi connectivity index (χ4n) is 4.22. The molecule has 37 heavy (non-hydrogen) atoms. The molecule has 1 unspecified atom stereocenters. The summed E-state index contributed by atoms with van der Waals surface area (Å²) in [4.78, 5) is 27.8. The summed E-state index contributed by atoms with van der Waals surface area (Å²) < 4.78 is 38.0. The maximum atomic E-state index is 13.6. The lowest BCUT2D eigenvalue weighted by atomic mass is 9.92. The number of carbonyl (C=O) groups excluding carboxylic acids is 2. The number of rotatable bonds is 8. The van der Waals surface area contributed by atoms with E-state index in [1.807, 2.05) is 18.2 Å². The number of urea groups is 1. The van der Waals surface area contributed by atoms with Gasteiger partial charge < -0.3 is 19.7 Å². The fraction of sp³-hybridized carbons (Fsp3) is 0.214. The van der Waals surface area contributed by atoms with E-state index in [9.17, 15) is 18.4 Å². The quantitative estimate of drug-likeness (QED) is 0.368. The van der Waals surface area contributed by atoms with Crippen molar-refractivity contribution in [1.82, 2.24) is 10.2 Å². The second kappa shape index (κ2) is 11.4. The van der Waals surface area contributed by atoms with Gasteiger partial charge in [-0.3, -0.25) is 0 Å². The molecule has 1 aliphatic rings. The number of amides is 2. The average molecular weight is 527 g/mol. The van der Waals surface area contributed by atoms with Crippen LogP contribution < -0.4 is 10.1 Å². The van der Waals surface area contributed by atoms with E-state index in [1.54, 1.807) is 37.4 Å². The highest BCUT2D eigenvalue weighted by molar-refractivity contribution is 6.30. The zero-order chi connectivity index (χ0) is 26.5. The highest BCUT2D eigenvalue weighted by atomic mass is 35.5. The summed E-state index contributed by atoms with van der Waals surface area (Å²) in [6.45, 7) is -0.342. The van der Waals surface area contributed by atoms with Crippen LogP contribution in [-0.2, 0) is 22.6 Å². The van der Waals surface area contributed by atoms with Crippen LogP contribution in [-0.4, -0.2) is 31.1 Å². The highest BCUT2D eigenvalue weighted by Gasteiger charge is 2.36. The molecule has 3 aromatic carbocycles. The van der Waals surface area contributed by atoms with Crippen LogP contribution in [0.2, 0.25) is 5.02 Å². The largest absolute Gasteiger partial charge is 0.497 e. The minimum absolute atomic E-state index is 0.168. The van der Waals surface area contributed by atoms with Gasteiger partial charge in [0.25, 0.3) is 0 Å². The van der Waals surface area contributed by atoms with Crippen molar-refractivity contribution in [1.29, 1.82) is 0 Å². The van der Waals surface area contributed by atoms with E-state index in [2.05, 4.69) is 5.32 Å². The van der Waals surface area contributed by atoms with Crippen molar-refractivity contribution in [3.8, 4) is 5.75 Å². The third-order valence-electron chi connectivity index (χ3n) is 6.08. The molecule has 9 heteroatoms. The normalized spacial score (nSPS) is 15.4. The molecular formula is C28H25ClF2N2O4. The van der Waals surface area contributed by atoms with Crippen molar-refractivity contribution >= 4 is 23.6 Å². The third kappa shape index (κ3) is 6.27. The van der Waals surface area contributed by atoms with Gasteiger partial charge >= 0.3 is 12.0 Å². The molecule has 0 aliphatic carbocycles. The van der Waals surface area contributed by atoms with E-state index < -0.39 is 23.6 Å². The van der Waals surface area contributed by atoms with Gasteiger partial charge in [0, 0.05) is 23.8 Å². The molecule has 1 atom stereocenters. The van der Waals surface area contributed by atoms with Gasteiger partial charge in [-0.05, 0) is 65.9 Å². The molecule has 0 saturated heterocycles. The summed E-state index contributed by atoms with van der Waals surface area (Å²) in [6.07, 6.45) is 0.852. The molecule has 0 radical (unpaired) electrons. The topological polar surface area (TPSA) is 67.9 Å². The van der Waals surface area contributed by atoms with Crippen LogP contribution in [0, 0.1) is 11.6 Å². The Morgan fingerprint density at radius 3 is 2.35 bits per heavy atom. The van der Waals surface area contributed by atoms with Crippen molar-refractivity contribution in [2.24, 2.45) is 0 Å². The molecule has 0 bridgehead atoms. The van der Waals surface area contributed by atoms with Crippen LogP contribution in [0.15, 0.2) is 78.0 Å². The molecule has 0 fully saturated rings. The first kappa shape index (κ1) is 26.2. The second-order valence-electron chi connectivity index (χ2n) is 8.56. The minimum atomic E-state index is -0.805. The van der Waals surface area contributed by atoms with Crippen LogP contribution in [0.5, 0.6) is 5.75 Å². The molecule has 4 rings (SSSR count). The highest BCUT2D eigenvalue weighted by Crippen LogP contribution is 2.34. The Morgan fingerprint density at radius 2 is 1.70 bits per heavy atom. The van der Waals surface area contributed by atoms with Crippen LogP contribution in [0.1, 0.15) is 29.2 Å². The van der Waals surface area contributed by atoms with Crippen LogP contribution in [0.25, 0.3) is 0 Å². The predicted molar refractivity (Wildman–Crippen MR) is 135 cm³/mol. The van der Waals surface area contributed by atoms with E-state index in [4.69, 9.17) is 21.1 Å². The van der Waals surface area contributed by atoms with Crippen molar-refractivity contribution in [2.45, 2.75) is 25.5 Å². The predicted octanol–water partition coefficient (Wildman–Crippen LogP) is 5.95. The maximum absolute atomic E-state index is 13.6. The SMILES string of the molecule is COc1ccc(C2NC(=O)N(C)C(CCc3cccc(Cl)c3)=C2C(=O)OCc2cc(F)cc(F)c2)cc1. The summed E-state index contributed by atoms with van der Waals surface area (Å²) in [6, 6.07) is 16.0. The number of benzene rings is 3. The van der Waals surface area contributed by atoms with E-state index in [-0.39, 0.29) is 23.8 Å². The number of methoxy groups -OCH3 is 1. The van der Waals surface area contributed by atoms with Crippen molar-refractivity contribution < 1.29 is 27.8 Å². The first-order valence-electron chi connectivity index (χ1n) is 11.5. The molecule has 0 aromatic heterocycles. The Bertz CT molecular complexity index is 1320. The van der Waals surface area contributed by atoms with E-state index in [0.29, 0.717) is 34.9 Å². The molecule has 0 saturated carbocycles. The van der Waals surface area contributed by atoms with Crippen LogP contribution in [0.4, 0.5) is 13.6 Å². The number of nitrogens with one attached hydrogen (secondary N) is 1. The van der Waals surface area contributed by atoms with Crippen molar-refractivity contribution in [3.05, 3.63) is 111 Å². The Kier molecular flexibility index (Phi) is 8.08. The lowest BCUT2D eigenvalue weighted by Gasteiger charge is -2.35. The fourth-order valence-corrected chi connectivity index (χ4v) is 4.44. The lowest BCUT2D eigenvalue weighted by molar-refractivity contribution is -0.141. The van der Waals surface area contributed by atoms with Crippen LogP contribution >= 0.6 is 11.6 Å². The zero-order valence-corrected chi connectivity index (χ0v) is 21.0. The molecule has 1 aliphatic heterocycles. The lowest BCUT2D eigenvalue weighted by Crippen LogP contribution is -2.47. The van der Waals surface area contributed by atoms with Gasteiger partial charge in [-0.25, -0.2) is 18.4 Å². The summed E-state index contributed by atoms with van der Waals surface area (Å²) in [5, 5.41) is 3.43.